The highest BCUT2D eigenvalue weighted by molar-refractivity contribution is 6.13. The molecule has 0 bridgehead atoms. The number of allylic oxidation sites excluding steroid dienone is 1. The molecule has 0 aliphatic carbocycles. The van der Waals surface area contributed by atoms with Crippen LogP contribution in [0.5, 0.6) is 0 Å². The Morgan fingerprint density at radius 2 is 1.86 bits per heavy atom. The quantitative estimate of drug-likeness (QED) is 0.489. The lowest BCUT2D eigenvalue weighted by molar-refractivity contribution is 0.104. The third kappa shape index (κ3) is 3.40. The van der Waals surface area contributed by atoms with Crippen LogP contribution in [0.4, 0.5) is 5.88 Å². The Bertz CT molecular complexity index is 716. The van der Waals surface area contributed by atoms with E-state index < -0.39 is 0 Å². The van der Waals surface area contributed by atoms with Crippen molar-refractivity contribution < 1.29 is 9.21 Å². The van der Waals surface area contributed by atoms with Crippen LogP contribution in [0.25, 0.3) is 6.08 Å². The summed E-state index contributed by atoms with van der Waals surface area (Å²) in [5.74, 6) is 0.845. The van der Waals surface area contributed by atoms with Crippen molar-refractivity contribution in [1.29, 1.82) is 5.26 Å². The molecule has 2 aromatic rings. The number of nitriles is 1. The van der Waals surface area contributed by atoms with Gasteiger partial charge in [-0.25, -0.2) is 0 Å². The fraction of sp³-hybridized carbons (Fsp3) is 0.176. The average Bonchev–Trinajstić information content (AvgIpc) is 2.93. The molecule has 1 heterocycles. The molecule has 0 saturated heterocycles. The lowest BCUT2D eigenvalue weighted by Gasteiger charge is -2.06. The Kier molecular flexibility index (Phi) is 4.24. The molecular weight excluding hydrogens is 264 g/mol. The van der Waals surface area contributed by atoms with Crippen molar-refractivity contribution >= 4 is 17.7 Å². The van der Waals surface area contributed by atoms with Gasteiger partial charge in [0.1, 0.15) is 17.4 Å². The lowest BCUT2D eigenvalue weighted by Crippen LogP contribution is -2.06. The smallest absolute Gasteiger partial charge is 0.203 e. The number of benzene rings is 1. The molecule has 106 valence electrons. The maximum atomic E-state index is 12.3. The third-order valence-corrected chi connectivity index (χ3v) is 3.02. The first kappa shape index (κ1) is 14.6. The SMILES string of the molecule is Cc1ccc(C(=O)C(C#N)=Cc2ccc(N(C)C)o2)cc1. The largest absolute Gasteiger partial charge is 0.441 e. The minimum Gasteiger partial charge on any atom is -0.441 e. The Morgan fingerprint density at radius 3 is 2.38 bits per heavy atom. The molecular formula is C17H16N2O2. The molecule has 0 saturated carbocycles. The van der Waals surface area contributed by atoms with Crippen molar-refractivity contribution in [1.82, 2.24) is 0 Å². The summed E-state index contributed by atoms with van der Waals surface area (Å²) in [6, 6.07) is 12.6. The van der Waals surface area contributed by atoms with Crippen LogP contribution >= 0.6 is 0 Å². The van der Waals surface area contributed by atoms with Gasteiger partial charge in [-0.15, -0.1) is 0 Å². The second kappa shape index (κ2) is 6.10. The first-order valence-electron chi connectivity index (χ1n) is 6.51. The summed E-state index contributed by atoms with van der Waals surface area (Å²) in [5.41, 5.74) is 1.61. The van der Waals surface area contributed by atoms with E-state index in [-0.39, 0.29) is 11.4 Å². The summed E-state index contributed by atoms with van der Waals surface area (Å²) in [5, 5.41) is 9.20. The van der Waals surface area contributed by atoms with Gasteiger partial charge < -0.3 is 9.32 Å². The van der Waals surface area contributed by atoms with Gasteiger partial charge in [-0.2, -0.15) is 5.26 Å². The molecule has 0 atom stereocenters. The number of hydrogen-bond acceptors (Lipinski definition) is 4. The molecule has 0 N–H and O–H groups in total. The van der Waals surface area contributed by atoms with Crippen molar-refractivity contribution in [2.24, 2.45) is 0 Å². The number of aryl methyl sites for hydroxylation is 1. The molecule has 4 heteroatoms. The molecule has 0 amide bonds. The van der Waals surface area contributed by atoms with Gasteiger partial charge in [-0.1, -0.05) is 29.8 Å². The zero-order chi connectivity index (χ0) is 15.4. The maximum Gasteiger partial charge on any atom is 0.203 e. The predicted molar refractivity (Wildman–Crippen MR) is 82.1 cm³/mol. The molecule has 0 unspecified atom stereocenters. The third-order valence-electron chi connectivity index (χ3n) is 3.02. The van der Waals surface area contributed by atoms with E-state index in [2.05, 4.69) is 0 Å². The molecule has 4 nitrogen and oxygen atoms in total. The van der Waals surface area contributed by atoms with Gasteiger partial charge >= 0.3 is 0 Å². The minimum atomic E-state index is -0.305. The number of hydrogen-bond donors (Lipinski definition) is 0. The van der Waals surface area contributed by atoms with Gasteiger partial charge in [-0.3, -0.25) is 4.79 Å². The number of carbonyl (C=O) groups excluding carboxylic acids is 1. The summed E-state index contributed by atoms with van der Waals surface area (Å²) < 4.78 is 5.53. The second-order valence-corrected chi connectivity index (χ2v) is 4.94. The minimum absolute atomic E-state index is 0.0542. The molecule has 0 spiro atoms. The van der Waals surface area contributed by atoms with Gasteiger partial charge in [0.05, 0.1) is 0 Å². The summed E-state index contributed by atoms with van der Waals surface area (Å²) >= 11 is 0. The highest BCUT2D eigenvalue weighted by Crippen LogP contribution is 2.19. The van der Waals surface area contributed by atoms with Gasteiger partial charge in [0.2, 0.25) is 5.78 Å². The standard InChI is InChI=1S/C17H16N2O2/c1-12-4-6-13(7-5-12)17(20)14(11-18)10-15-8-9-16(21-15)19(2)3/h4-10H,1-3H3. The van der Waals surface area contributed by atoms with E-state index >= 15 is 0 Å². The van der Waals surface area contributed by atoms with Crippen LogP contribution in [-0.4, -0.2) is 19.9 Å². The normalized spacial score (nSPS) is 11.0. The number of ketones is 1. The van der Waals surface area contributed by atoms with Crippen LogP contribution in [0, 0.1) is 18.3 Å². The maximum absolute atomic E-state index is 12.3. The van der Waals surface area contributed by atoms with Crippen LogP contribution in [0.2, 0.25) is 0 Å². The second-order valence-electron chi connectivity index (χ2n) is 4.94. The van der Waals surface area contributed by atoms with E-state index in [9.17, 15) is 10.1 Å². The number of nitrogens with zero attached hydrogens (tertiary/aromatic N) is 2. The van der Waals surface area contributed by atoms with Gasteiger partial charge in [0, 0.05) is 31.8 Å². The lowest BCUT2D eigenvalue weighted by atomic mass is 10.0. The summed E-state index contributed by atoms with van der Waals surface area (Å²) in [4.78, 5) is 14.1. The van der Waals surface area contributed by atoms with E-state index in [0.29, 0.717) is 17.2 Å². The summed E-state index contributed by atoms with van der Waals surface area (Å²) in [6.45, 7) is 1.95. The van der Waals surface area contributed by atoms with Crippen LogP contribution in [0.1, 0.15) is 21.7 Å². The van der Waals surface area contributed by atoms with Gasteiger partial charge in [-0.05, 0) is 13.0 Å². The Balaban J connectivity index is 2.30. The average molecular weight is 280 g/mol. The summed E-state index contributed by atoms with van der Waals surface area (Å²) in [7, 11) is 3.71. The van der Waals surface area contributed by atoms with Gasteiger partial charge in [0.15, 0.2) is 5.88 Å². The molecule has 2 rings (SSSR count). The zero-order valence-corrected chi connectivity index (χ0v) is 12.3. The van der Waals surface area contributed by atoms with E-state index in [1.165, 1.54) is 6.08 Å². The number of furan rings is 1. The molecule has 0 radical (unpaired) electrons. The topological polar surface area (TPSA) is 57.2 Å². The highest BCUT2D eigenvalue weighted by Gasteiger charge is 2.13. The van der Waals surface area contributed by atoms with Crippen molar-refractivity contribution in [3.8, 4) is 6.07 Å². The molecule has 1 aromatic heterocycles. The Hall–Kier alpha value is -2.80. The zero-order valence-electron chi connectivity index (χ0n) is 12.3. The van der Waals surface area contributed by atoms with E-state index in [1.54, 1.807) is 24.3 Å². The Morgan fingerprint density at radius 1 is 1.19 bits per heavy atom. The number of anilines is 1. The molecule has 21 heavy (non-hydrogen) atoms. The number of Topliss-reactive ketones (excluding diaryl/α,β-unsaturated/α-hetero) is 1. The fourth-order valence-corrected chi connectivity index (χ4v) is 1.81. The van der Waals surface area contributed by atoms with Crippen LogP contribution in [-0.2, 0) is 0 Å². The molecule has 1 aromatic carbocycles. The Labute approximate surface area is 123 Å². The van der Waals surface area contributed by atoms with Crippen LogP contribution < -0.4 is 4.90 Å². The van der Waals surface area contributed by atoms with Gasteiger partial charge in [0.25, 0.3) is 0 Å². The van der Waals surface area contributed by atoms with Crippen LogP contribution in [0.3, 0.4) is 0 Å². The first-order valence-corrected chi connectivity index (χ1v) is 6.51. The first-order chi connectivity index (χ1) is 10.0. The molecule has 0 aliphatic rings. The molecule has 0 aliphatic heterocycles. The highest BCUT2D eigenvalue weighted by atomic mass is 16.4. The number of carbonyl (C=O) groups is 1. The predicted octanol–water partition coefficient (Wildman–Crippen LogP) is 3.44. The van der Waals surface area contributed by atoms with E-state index in [1.807, 2.05) is 44.1 Å². The summed E-state index contributed by atoms with van der Waals surface area (Å²) in [6.07, 6.45) is 1.47. The van der Waals surface area contributed by atoms with Crippen LogP contribution in [0.15, 0.2) is 46.4 Å². The fourth-order valence-electron chi connectivity index (χ4n) is 1.81. The van der Waals surface area contributed by atoms with E-state index in [4.69, 9.17) is 4.42 Å². The number of rotatable bonds is 4. The van der Waals surface area contributed by atoms with Crippen molar-refractivity contribution in [2.45, 2.75) is 6.92 Å². The molecule has 0 fully saturated rings. The van der Waals surface area contributed by atoms with Crippen molar-refractivity contribution in [2.75, 3.05) is 19.0 Å². The van der Waals surface area contributed by atoms with Crippen molar-refractivity contribution in [3.63, 3.8) is 0 Å². The van der Waals surface area contributed by atoms with E-state index in [0.717, 1.165) is 5.56 Å². The monoisotopic (exact) mass is 280 g/mol. The van der Waals surface area contributed by atoms with Crippen molar-refractivity contribution in [3.05, 3.63) is 58.9 Å².